The quantitative estimate of drug-likeness (QED) is 0.137. The molecule has 0 bridgehead atoms. The van der Waals surface area contributed by atoms with Crippen LogP contribution in [0.15, 0.2) is 103 Å². The Labute approximate surface area is 241 Å². The Balaban J connectivity index is 0.000000217. The van der Waals surface area contributed by atoms with Crippen LogP contribution in [0.4, 0.5) is 26.3 Å². The molecule has 3 aromatic carbocycles. The number of hydrogen-bond donors (Lipinski definition) is 0. The molecule has 1 radical (unpaired) electrons. The molecule has 2 aromatic heterocycles. The molecular weight excluding hydrogens is 707 g/mol. The Morgan fingerprint density at radius 1 is 0.600 bits per heavy atom. The maximum atomic E-state index is 13.1. The van der Waals surface area contributed by atoms with Crippen LogP contribution in [-0.4, -0.2) is 9.97 Å². The van der Waals surface area contributed by atoms with E-state index < -0.39 is 29.0 Å². The van der Waals surface area contributed by atoms with E-state index in [1.54, 1.807) is 6.92 Å². The zero-order valence-electron chi connectivity index (χ0n) is 20.8. The van der Waals surface area contributed by atoms with Gasteiger partial charge in [0.1, 0.15) is 0 Å². The first kappa shape index (κ1) is 30.7. The fraction of sp³-hybridized carbons (Fsp3) is 0.0968. The summed E-state index contributed by atoms with van der Waals surface area (Å²) in [5.41, 5.74) is 0.548. The van der Waals surface area contributed by atoms with E-state index in [-0.39, 0.29) is 25.8 Å². The Bertz CT molecular complexity index is 1440. The van der Waals surface area contributed by atoms with Crippen molar-refractivity contribution >= 4 is 0 Å². The van der Waals surface area contributed by atoms with Crippen molar-refractivity contribution in [3.63, 3.8) is 0 Å². The standard InChI is InChI=1S/C17H12N.C14H8F6N.Ir/c1-3-7-14(8-4-1)16-11-12-17(18-13-16)15-9-5-2-6-10-15;1-8-5-6-11(21-7-8)9-3-2-4-10(13(15,16)17)12(9)14(18,19)20;/h1-9,11-13H;2,4-7H,1H3;/q2*-1;. The maximum absolute atomic E-state index is 13.1. The molecule has 5 rings (SSSR count). The summed E-state index contributed by atoms with van der Waals surface area (Å²) in [4.78, 5) is 8.24. The van der Waals surface area contributed by atoms with Crippen LogP contribution in [0.25, 0.3) is 33.6 Å². The first-order chi connectivity index (χ1) is 18.5. The third kappa shape index (κ3) is 7.64. The summed E-state index contributed by atoms with van der Waals surface area (Å²) in [6.07, 6.45) is -7.08. The van der Waals surface area contributed by atoms with Crippen LogP contribution >= 0.6 is 0 Å². The monoisotopic (exact) mass is 727 g/mol. The Kier molecular flexibility index (Phi) is 10.0. The topological polar surface area (TPSA) is 25.8 Å². The third-order valence-corrected chi connectivity index (χ3v) is 5.61. The molecule has 0 spiro atoms. The van der Waals surface area contributed by atoms with Gasteiger partial charge in [-0.3, -0.25) is 0 Å². The molecule has 2 heterocycles. The molecule has 0 unspecified atom stereocenters. The van der Waals surface area contributed by atoms with Gasteiger partial charge in [0.2, 0.25) is 0 Å². The zero-order valence-corrected chi connectivity index (χ0v) is 23.2. The van der Waals surface area contributed by atoms with Crippen LogP contribution in [0.1, 0.15) is 16.7 Å². The molecule has 0 aliphatic carbocycles. The molecule has 0 aliphatic rings. The number of alkyl halides is 6. The van der Waals surface area contributed by atoms with Gasteiger partial charge < -0.3 is 9.97 Å². The van der Waals surface area contributed by atoms with Gasteiger partial charge >= 0.3 is 12.4 Å². The van der Waals surface area contributed by atoms with E-state index in [9.17, 15) is 26.3 Å². The molecule has 0 N–H and O–H groups in total. The van der Waals surface area contributed by atoms with E-state index in [0.717, 1.165) is 22.9 Å². The van der Waals surface area contributed by atoms with E-state index in [1.807, 2.05) is 54.7 Å². The minimum absolute atomic E-state index is 0. The number of aromatic nitrogens is 2. The summed E-state index contributed by atoms with van der Waals surface area (Å²) < 4.78 is 77.6. The molecule has 0 aliphatic heterocycles. The van der Waals surface area contributed by atoms with Crippen molar-refractivity contribution in [1.82, 2.24) is 9.97 Å². The van der Waals surface area contributed by atoms with Gasteiger partial charge in [-0.1, -0.05) is 54.6 Å². The van der Waals surface area contributed by atoms with Crippen molar-refractivity contribution in [2.24, 2.45) is 0 Å². The van der Waals surface area contributed by atoms with Crippen molar-refractivity contribution in [3.05, 3.63) is 132 Å². The first-order valence-electron chi connectivity index (χ1n) is 11.6. The number of aryl methyl sites for hydroxylation is 1. The van der Waals surface area contributed by atoms with Crippen LogP contribution in [0.2, 0.25) is 0 Å². The second-order valence-electron chi connectivity index (χ2n) is 8.43. The van der Waals surface area contributed by atoms with Gasteiger partial charge in [0, 0.05) is 32.5 Å². The smallest absolute Gasteiger partial charge is 0.304 e. The fourth-order valence-corrected chi connectivity index (χ4v) is 3.75. The van der Waals surface area contributed by atoms with Crippen LogP contribution in [-0.2, 0) is 32.5 Å². The van der Waals surface area contributed by atoms with E-state index in [2.05, 4.69) is 40.3 Å². The van der Waals surface area contributed by atoms with Gasteiger partial charge in [0.15, 0.2) is 0 Å². The molecule has 9 heteroatoms. The van der Waals surface area contributed by atoms with Gasteiger partial charge in [-0.15, -0.1) is 59.7 Å². The van der Waals surface area contributed by atoms with E-state index in [1.165, 1.54) is 23.9 Å². The molecule has 0 atom stereocenters. The summed E-state index contributed by atoms with van der Waals surface area (Å²) in [6, 6.07) is 31.5. The number of hydrogen-bond acceptors (Lipinski definition) is 2. The van der Waals surface area contributed by atoms with Crippen LogP contribution in [0.3, 0.4) is 0 Å². The molecular formula is C31H20F6IrN2-2. The number of benzene rings is 3. The summed E-state index contributed by atoms with van der Waals surface area (Å²) in [5, 5.41) is 0. The van der Waals surface area contributed by atoms with E-state index in [4.69, 9.17) is 0 Å². The summed E-state index contributed by atoms with van der Waals surface area (Å²) in [7, 11) is 0. The normalized spacial score (nSPS) is 11.2. The number of rotatable bonds is 3. The second kappa shape index (κ2) is 13.0. The van der Waals surface area contributed by atoms with Crippen LogP contribution in [0, 0.1) is 19.1 Å². The summed E-state index contributed by atoms with van der Waals surface area (Å²) in [6.45, 7) is 1.66. The van der Waals surface area contributed by atoms with Crippen LogP contribution < -0.4 is 0 Å². The Hall–Kier alpha value is -3.81. The first-order valence-corrected chi connectivity index (χ1v) is 11.6. The fourth-order valence-electron chi connectivity index (χ4n) is 3.75. The number of halogens is 6. The predicted octanol–water partition coefficient (Wildman–Crippen LogP) is 9.11. The van der Waals surface area contributed by atoms with Crippen molar-refractivity contribution in [2.45, 2.75) is 19.3 Å². The second-order valence-corrected chi connectivity index (χ2v) is 8.43. The molecule has 5 aromatic rings. The summed E-state index contributed by atoms with van der Waals surface area (Å²) in [5.74, 6) is 0. The molecule has 0 saturated heterocycles. The minimum Gasteiger partial charge on any atom is -0.304 e. The van der Waals surface area contributed by atoms with Gasteiger partial charge in [-0.2, -0.15) is 26.3 Å². The predicted molar refractivity (Wildman–Crippen MR) is 137 cm³/mol. The zero-order chi connectivity index (χ0) is 28.0. The van der Waals surface area contributed by atoms with Crippen molar-refractivity contribution < 1.29 is 46.4 Å². The van der Waals surface area contributed by atoms with Gasteiger partial charge in [-0.05, 0) is 46.1 Å². The average Bonchev–Trinajstić information content (AvgIpc) is 2.93. The number of nitrogens with zero attached hydrogens (tertiary/aromatic N) is 2. The SMILES string of the molecule is Cc1ccc(-c2[c-]ccc(C(F)(F)F)c2C(F)(F)F)nc1.[Ir].[c-]1ccccc1-c1ccc(-c2ccccc2)cn1. The largest absolute Gasteiger partial charge is 0.400 e. The third-order valence-electron chi connectivity index (χ3n) is 5.61. The van der Waals surface area contributed by atoms with E-state index in [0.29, 0.717) is 11.6 Å². The maximum Gasteiger partial charge on any atom is 0.400 e. The Morgan fingerprint density at radius 3 is 1.82 bits per heavy atom. The summed E-state index contributed by atoms with van der Waals surface area (Å²) >= 11 is 0. The molecule has 0 amide bonds. The van der Waals surface area contributed by atoms with Gasteiger partial charge in [-0.25, -0.2) is 0 Å². The van der Waals surface area contributed by atoms with Crippen LogP contribution in [0.5, 0.6) is 0 Å². The van der Waals surface area contributed by atoms with E-state index >= 15 is 0 Å². The molecule has 0 fully saturated rings. The number of pyridine rings is 2. The van der Waals surface area contributed by atoms with Crippen molar-refractivity contribution in [1.29, 1.82) is 0 Å². The molecule has 2 nitrogen and oxygen atoms in total. The average molecular weight is 727 g/mol. The molecule has 40 heavy (non-hydrogen) atoms. The molecule has 207 valence electrons. The van der Waals surface area contributed by atoms with Crippen molar-refractivity contribution in [3.8, 4) is 33.6 Å². The minimum atomic E-state index is -5.16. The van der Waals surface area contributed by atoms with Crippen molar-refractivity contribution in [2.75, 3.05) is 0 Å². The Morgan fingerprint density at radius 2 is 1.27 bits per heavy atom. The molecule has 0 saturated carbocycles. The van der Waals surface area contributed by atoms with Gasteiger partial charge in [0.05, 0.1) is 0 Å². The van der Waals surface area contributed by atoms with Gasteiger partial charge in [0.25, 0.3) is 0 Å².